The van der Waals surface area contributed by atoms with Crippen molar-refractivity contribution in [2.24, 2.45) is 5.92 Å². The quantitative estimate of drug-likeness (QED) is 0.544. The first-order valence-electron chi connectivity index (χ1n) is 4.43. The summed E-state index contributed by atoms with van der Waals surface area (Å²) in [5.41, 5.74) is 0. The third-order valence-corrected chi connectivity index (χ3v) is 1.92. The number of rotatable bonds is 6. The molecule has 0 N–H and O–H groups in total. The van der Waals surface area contributed by atoms with Crippen LogP contribution in [0.3, 0.4) is 0 Å². The van der Waals surface area contributed by atoms with Gasteiger partial charge in [-0.3, -0.25) is 0 Å². The van der Waals surface area contributed by atoms with Crippen LogP contribution in [0.15, 0.2) is 0 Å². The van der Waals surface area contributed by atoms with Gasteiger partial charge in [0, 0.05) is 0 Å². The minimum absolute atomic E-state index is 0.116. The fourth-order valence-corrected chi connectivity index (χ4v) is 1.42. The van der Waals surface area contributed by atoms with E-state index in [9.17, 15) is 5.11 Å². The second-order valence-corrected chi connectivity index (χ2v) is 2.94. The van der Waals surface area contributed by atoms with Crippen molar-refractivity contribution in [1.82, 2.24) is 0 Å². The molecule has 0 aliphatic carbocycles. The van der Waals surface area contributed by atoms with Crippen LogP contribution in [0.4, 0.5) is 0 Å². The van der Waals surface area contributed by atoms with Crippen molar-refractivity contribution >= 4 is 0 Å². The van der Waals surface area contributed by atoms with Gasteiger partial charge in [-0.05, 0) is 12.3 Å². The zero-order valence-electron chi connectivity index (χ0n) is 7.23. The second kappa shape index (κ2) is 7.07. The van der Waals surface area contributed by atoms with Crippen molar-refractivity contribution in [3.8, 4) is 0 Å². The molecule has 0 aromatic heterocycles. The Kier molecular flexibility index (Phi) is 7.04. The van der Waals surface area contributed by atoms with Gasteiger partial charge < -0.3 is 0 Å². The molecule has 0 aromatic carbocycles. The summed E-state index contributed by atoms with van der Waals surface area (Å²) in [5, 5.41) is 10.3. The van der Waals surface area contributed by atoms with Gasteiger partial charge in [0.25, 0.3) is 0 Å². The lowest BCUT2D eigenvalue weighted by Gasteiger charge is -2.11. The molecule has 0 heterocycles. The second-order valence-electron chi connectivity index (χ2n) is 2.94. The average Bonchev–Trinajstić information content (AvgIpc) is 1.90. The Labute approximate surface area is 64.5 Å². The highest BCUT2D eigenvalue weighted by Gasteiger charge is 2.04. The van der Waals surface area contributed by atoms with Gasteiger partial charge in [0.15, 0.2) is 0 Å². The largest absolute Gasteiger partial charge is 0.237 e. The molecule has 0 aliphatic heterocycles. The van der Waals surface area contributed by atoms with Gasteiger partial charge in [0.2, 0.25) is 0 Å². The van der Waals surface area contributed by atoms with E-state index in [-0.39, 0.29) is 6.61 Å². The third-order valence-electron chi connectivity index (χ3n) is 1.92. The molecule has 1 nitrogen and oxygen atoms in total. The molecule has 0 aliphatic rings. The van der Waals surface area contributed by atoms with E-state index in [1.165, 1.54) is 25.7 Å². The first-order valence-corrected chi connectivity index (χ1v) is 4.43. The minimum Gasteiger partial charge on any atom is -0.237 e. The first-order chi connectivity index (χ1) is 4.85. The predicted molar refractivity (Wildman–Crippen MR) is 43.5 cm³/mol. The van der Waals surface area contributed by atoms with Crippen molar-refractivity contribution in [3.05, 3.63) is 0 Å². The maximum absolute atomic E-state index is 10.3. The summed E-state index contributed by atoms with van der Waals surface area (Å²) < 4.78 is 0. The smallest absolute Gasteiger partial charge is 0.0825 e. The Hall–Kier alpha value is -0.0400. The highest BCUT2D eigenvalue weighted by molar-refractivity contribution is 4.56. The molecular weight excluding hydrogens is 124 g/mol. The fraction of sp³-hybridized carbons (Fsp3) is 1.00. The van der Waals surface area contributed by atoms with E-state index in [0.29, 0.717) is 5.92 Å². The van der Waals surface area contributed by atoms with E-state index in [1.54, 1.807) is 0 Å². The van der Waals surface area contributed by atoms with Crippen LogP contribution in [-0.4, -0.2) is 6.61 Å². The van der Waals surface area contributed by atoms with E-state index in [4.69, 9.17) is 0 Å². The fourth-order valence-electron chi connectivity index (χ4n) is 1.42. The molecule has 0 saturated carbocycles. The molecule has 0 fully saturated rings. The molecule has 1 heteroatoms. The Morgan fingerprint density at radius 2 is 1.50 bits per heavy atom. The summed E-state index contributed by atoms with van der Waals surface area (Å²) >= 11 is 0. The van der Waals surface area contributed by atoms with Crippen LogP contribution in [0.1, 0.15) is 46.0 Å². The van der Waals surface area contributed by atoms with Gasteiger partial charge in [-0.2, -0.15) is 0 Å². The molecule has 0 rings (SSSR count). The van der Waals surface area contributed by atoms with E-state index >= 15 is 0 Å². The van der Waals surface area contributed by atoms with Crippen LogP contribution in [-0.2, 0) is 5.11 Å². The Bertz CT molecular complexity index is 47.5. The highest BCUT2D eigenvalue weighted by Crippen LogP contribution is 2.16. The third kappa shape index (κ3) is 4.80. The lowest BCUT2D eigenvalue weighted by Crippen LogP contribution is -2.01. The molecule has 0 bridgehead atoms. The SMILES string of the molecule is CCCC(CCC)CC[O]. The van der Waals surface area contributed by atoms with Crippen LogP contribution in [0, 0.1) is 5.92 Å². The monoisotopic (exact) mass is 143 g/mol. The summed E-state index contributed by atoms with van der Waals surface area (Å²) in [4.78, 5) is 0. The molecular formula is C9H19O. The molecule has 0 atom stereocenters. The molecule has 0 spiro atoms. The van der Waals surface area contributed by atoms with Crippen LogP contribution >= 0.6 is 0 Å². The van der Waals surface area contributed by atoms with Gasteiger partial charge in [0.05, 0.1) is 6.61 Å². The van der Waals surface area contributed by atoms with Gasteiger partial charge in [-0.15, -0.1) is 0 Å². The lowest BCUT2D eigenvalue weighted by atomic mass is 9.95. The maximum Gasteiger partial charge on any atom is 0.0825 e. The van der Waals surface area contributed by atoms with Crippen molar-refractivity contribution in [3.63, 3.8) is 0 Å². The standard InChI is InChI=1S/C9H19O/c1-3-5-9(6-4-2)7-8-10/h9H,3-8H2,1-2H3. The molecule has 0 aromatic rings. The van der Waals surface area contributed by atoms with E-state index < -0.39 is 0 Å². The minimum atomic E-state index is 0.116. The van der Waals surface area contributed by atoms with E-state index in [2.05, 4.69) is 13.8 Å². The summed E-state index contributed by atoms with van der Waals surface area (Å²) in [7, 11) is 0. The predicted octanol–water partition coefficient (Wildman–Crippen LogP) is 3.02. The van der Waals surface area contributed by atoms with Gasteiger partial charge in [-0.25, -0.2) is 5.11 Å². The van der Waals surface area contributed by atoms with Crippen molar-refractivity contribution in [2.75, 3.05) is 6.61 Å². The zero-order chi connectivity index (χ0) is 7.82. The van der Waals surface area contributed by atoms with Crippen LogP contribution in [0.2, 0.25) is 0 Å². The molecule has 10 heavy (non-hydrogen) atoms. The van der Waals surface area contributed by atoms with Gasteiger partial charge in [0.1, 0.15) is 0 Å². The van der Waals surface area contributed by atoms with Gasteiger partial charge in [-0.1, -0.05) is 39.5 Å². The van der Waals surface area contributed by atoms with Crippen LogP contribution in [0.25, 0.3) is 0 Å². The highest BCUT2D eigenvalue weighted by atomic mass is 16.3. The molecule has 61 valence electrons. The number of hydrogen-bond donors (Lipinski definition) is 0. The summed E-state index contributed by atoms with van der Waals surface area (Å²) in [6, 6.07) is 0. The van der Waals surface area contributed by atoms with Crippen molar-refractivity contribution < 1.29 is 5.11 Å². The Morgan fingerprint density at radius 1 is 1.00 bits per heavy atom. The van der Waals surface area contributed by atoms with Crippen molar-refractivity contribution in [2.45, 2.75) is 46.0 Å². The zero-order valence-corrected chi connectivity index (χ0v) is 7.23. The number of hydrogen-bond acceptors (Lipinski definition) is 0. The summed E-state index contributed by atoms with van der Waals surface area (Å²) in [6.07, 6.45) is 5.84. The summed E-state index contributed by atoms with van der Waals surface area (Å²) in [5.74, 6) is 0.715. The summed E-state index contributed by atoms with van der Waals surface area (Å²) in [6.45, 7) is 4.49. The lowest BCUT2D eigenvalue weighted by molar-refractivity contribution is 0.165. The first kappa shape index (κ1) is 9.96. The molecule has 0 unspecified atom stereocenters. The van der Waals surface area contributed by atoms with E-state index in [0.717, 1.165) is 6.42 Å². The molecule has 0 amide bonds. The Balaban J connectivity index is 3.30. The average molecular weight is 143 g/mol. The van der Waals surface area contributed by atoms with Crippen LogP contribution in [0.5, 0.6) is 0 Å². The van der Waals surface area contributed by atoms with Crippen molar-refractivity contribution in [1.29, 1.82) is 0 Å². The molecule has 0 saturated heterocycles. The van der Waals surface area contributed by atoms with E-state index in [1.807, 2.05) is 0 Å². The topological polar surface area (TPSA) is 19.9 Å². The van der Waals surface area contributed by atoms with Gasteiger partial charge >= 0.3 is 0 Å². The normalized spacial score (nSPS) is 10.8. The maximum atomic E-state index is 10.3. The van der Waals surface area contributed by atoms with Crippen LogP contribution < -0.4 is 0 Å². The molecule has 1 radical (unpaired) electrons. The Morgan fingerprint density at radius 3 is 1.80 bits per heavy atom.